The third-order valence-electron chi connectivity index (χ3n) is 3.76. The van der Waals surface area contributed by atoms with Crippen molar-refractivity contribution in [1.82, 2.24) is 5.32 Å². The summed E-state index contributed by atoms with van der Waals surface area (Å²) in [4.78, 5) is 11.8. The van der Waals surface area contributed by atoms with E-state index in [2.05, 4.69) is 5.32 Å². The van der Waals surface area contributed by atoms with Gasteiger partial charge in [0.25, 0.3) is 0 Å². The molecule has 24 heavy (non-hydrogen) atoms. The van der Waals surface area contributed by atoms with Gasteiger partial charge in [0.05, 0.1) is 16.7 Å². The first kappa shape index (κ1) is 18.4. The van der Waals surface area contributed by atoms with Gasteiger partial charge in [-0.1, -0.05) is 11.6 Å². The summed E-state index contributed by atoms with van der Waals surface area (Å²) >= 11 is 6.02. The summed E-state index contributed by atoms with van der Waals surface area (Å²) in [7, 11) is 0. The Morgan fingerprint density at radius 1 is 1.29 bits per heavy atom. The van der Waals surface area contributed by atoms with E-state index in [9.17, 15) is 4.79 Å². The largest absolute Gasteiger partial charge is 0.490 e. The van der Waals surface area contributed by atoms with Crippen molar-refractivity contribution in [3.63, 3.8) is 0 Å². The number of ether oxygens (including phenoxy) is 2. The molecule has 0 radical (unpaired) electrons. The standard InChI is InChI=1S/C18H23ClN2O3/c1-18(2,3)24-17(22)21-13-5-8-14(9-6-13)23-15-7-4-12(11-20)16(19)10-15/h4,7,10,13-14H,5-6,8-9H2,1-3H3,(H,21,22)/t13-,14-. The number of nitriles is 1. The Kier molecular flexibility index (Phi) is 5.95. The highest BCUT2D eigenvalue weighted by Crippen LogP contribution is 2.27. The van der Waals surface area contributed by atoms with Crippen LogP contribution in [0.3, 0.4) is 0 Å². The van der Waals surface area contributed by atoms with Crippen LogP contribution in [0.4, 0.5) is 4.79 Å². The van der Waals surface area contributed by atoms with Crippen LogP contribution < -0.4 is 10.1 Å². The lowest BCUT2D eigenvalue weighted by Gasteiger charge is -2.30. The summed E-state index contributed by atoms with van der Waals surface area (Å²) < 4.78 is 11.2. The maximum atomic E-state index is 11.8. The van der Waals surface area contributed by atoms with Crippen molar-refractivity contribution in [3.8, 4) is 11.8 Å². The predicted octanol–water partition coefficient (Wildman–Crippen LogP) is 4.43. The number of carbonyl (C=O) groups excluding carboxylic acids is 1. The Morgan fingerprint density at radius 3 is 2.50 bits per heavy atom. The lowest BCUT2D eigenvalue weighted by Crippen LogP contribution is -2.42. The zero-order valence-electron chi connectivity index (χ0n) is 14.3. The maximum Gasteiger partial charge on any atom is 0.407 e. The molecule has 0 saturated heterocycles. The molecule has 1 N–H and O–H groups in total. The van der Waals surface area contributed by atoms with Crippen LogP contribution in [0.25, 0.3) is 0 Å². The topological polar surface area (TPSA) is 71.3 Å². The van der Waals surface area contributed by atoms with E-state index in [0.29, 0.717) is 16.3 Å². The zero-order valence-corrected chi connectivity index (χ0v) is 15.0. The highest BCUT2D eigenvalue weighted by molar-refractivity contribution is 6.31. The van der Waals surface area contributed by atoms with E-state index in [1.807, 2.05) is 26.8 Å². The van der Waals surface area contributed by atoms with E-state index in [-0.39, 0.29) is 18.2 Å². The molecule has 1 amide bonds. The molecule has 1 aliphatic carbocycles. The van der Waals surface area contributed by atoms with Gasteiger partial charge < -0.3 is 14.8 Å². The van der Waals surface area contributed by atoms with Crippen LogP contribution in [0, 0.1) is 11.3 Å². The molecule has 0 aromatic heterocycles. The number of alkyl carbamates (subject to hydrolysis) is 1. The fourth-order valence-corrected chi connectivity index (χ4v) is 2.86. The number of carbonyl (C=O) groups is 1. The molecule has 5 nitrogen and oxygen atoms in total. The number of hydrogen-bond donors (Lipinski definition) is 1. The van der Waals surface area contributed by atoms with Crippen LogP contribution in [0.2, 0.25) is 5.02 Å². The highest BCUT2D eigenvalue weighted by Gasteiger charge is 2.25. The Labute approximate surface area is 147 Å². The summed E-state index contributed by atoms with van der Waals surface area (Å²) in [5.74, 6) is 0.669. The van der Waals surface area contributed by atoms with Gasteiger partial charge in [0.1, 0.15) is 17.4 Å². The molecule has 1 aromatic carbocycles. The van der Waals surface area contributed by atoms with Gasteiger partial charge >= 0.3 is 6.09 Å². The maximum absolute atomic E-state index is 11.8. The van der Waals surface area contributed by atoms with Gasteiger partial charge in [-0.3, -0.25) is 0 Å². The number of halogens is 1. The first-order valence-corrected chi connectivity index (χ1v) is 8.50. The number of nitrogens with one attached hydrogen (secondary N) is 1. The number of rotatable bonds is 3. The molecule has 0 unspecified atom stereocenters. The van der Waals surface area contributed by atoms with Gasteiger partial charge in [0.2, 0.25) is 0 Å². The first-order chi connectivity index (χ1) is 11.3. The number of nitrogens with zero attached hydrogens (tertiary/aromatic N) is 1. The molecular weight excluding hydrogens is 328 g/mol. The second kappa shape index (κ2) is 7.76. The highest BCUT2D eigenvalue weighted by atomic mass is 35.5. The third-order valence-corrected chi connectivity index (χ3v) is 4.07. The van der Waals surface area contributed by atoms with Gasteiger partial charge in [-0.25, -0.2) is 4.79 Å². The van der Waals surface area contributed by atoms with Crippen LogP contribution in [-0.4, -0.2) is 23.8 Å². The number of hydrogen-bond acceptors (Lipinski definition) is 4. The van der Waals surface area contributed by atoms with Crippen molar-refractivity contribution in [3.05, 3.63) is 28.8 Å². The monoisotopic (exact) mass is 350 g/mol. The summed E-state index contributed by atoms with van der Waals surface area (Å²) in [6, 6.07) is 7.23. The fraction of sp³-hybridized carbons (Fsp3) is 0.556. The molecule has 0 spiro atoms. The van der Waals surface area contributed by atoms with E-state index in [0.717, 1.165) is 25.7 Å². The Bertz CT molecular complexity index is 626. The van der Waals surface area contributed by atoms with Gasteiger partial charge in [-0.15, -0.1) is 0 Å². The smallest absolute Gasteiger partial charge is 0.407 e. The van der Waals surface area contributed by atoms with Gasteiger partial charge in [-0.05, 0) is 58.6 Å². The number of benzene rings is 1. The van der Waals surface area contributed by atoms with Crippen molar-refractivity contribution >= 4 is 17.7 Å². The minimum atomic E-state index is -0.487. The van der Waals surface area contributed by atoms with Crippen molar-refractivity contribution in [2.75, 3.05) is 0 Å². The molecule has 0 aliphatic heterocycles. The van der Waals surface area contributed by atoms with E-state index in [1.165, 1.54) is 0 Å². The van der Waals surface area contributed by atoms with Crippen molar-refractivity contribution in [2.45, 2.75) is 64.2 Å². The SMILES string of the molecule is CC(C)(C)OC(=O)N[C@H]1CC[C@H](Oc2ccc(C#N)c(Cl)c2)CC1. The van der Waals surface area contributed by atoms with Crippen molar-refractivity contribution in [2.24, 2.45) is 0 Å². The van der Waals surface area contributed by atoms with Gasteiger partial charge in [0.15, 0.2) is 0 Å². The molecule has 1 saturated carbocycles. The Hall–Kier alpha value is -1.93. The molecule has 0 atom stereocenters. The van der Waals surface area contributed by atoms with Gasteiger partial charge in [0, 0.05) is 12.1 Å². The predicted molar refractivity (Wildman–Crippen MR) is 92.2 cm³/mol. The molecule has 1 aliphatic rings. The van der Waals surface area contributed by atoms with Gasteiger partial charge in [-0.2, -0.15) is 5.26 Å². The quantitative estimate of drug-likeness (QED) is 0.875. The molecule has 1 aromatic rings. The lowest BCUT2D eigenvalue weighted by molar-refractivity contribution is 0.0471. The molecule has 0 bridgehead atoms. The number of amides is 1. The summed E-state index contributed by atoms with van der Waals surface area (Å²) in [5.41, 5.74) is -0.0477. The van der Waals surface area contributed by atoms with Crippen LogP contribution in [-0.2, 0) is 4.74 Å². The second-order valence-electron chi connectivity index (χ2n) is 6.99. The average Bonchev–Trinajstić information content (AvgIpc) is 2.47. The van der Waals surface area contributed by atoms with E-state index < -0.39 is 5.60 Å². The molecule has 6 heteroatoms. The molecule has 1 fully saturated rings. The summed E-state index contributed by atoms with van der Waals surface area (Å²) in [6.07, 6.45) is 3.09. The van der Waals surface area contributed by atoms with Crippen LogP contribution in [0.1, 0.15) is 52.0 Å². The molecule has 2 rings (SSSR count). The Morgan fingerprint density at radius 2 is 1.96 bits per heavy atom. The molecular formula is C18H23ClN2O3. The lowest BCUT2D eigenvalue weighted by atomic mass is 9.93. The normalized spacial score (nSPS) is 20.8. The second-order valence-corrected chi connectivity index (χ2v) is 7.40. The van der Waals surface area contributed by atoms with Crippen molar-refractivity contribution < 1.29 is 14.3 Å². The summed E-state index contributed by atoms with van der Waals surface area (Å²) in [6.45, 7) is 5.54. The van der Waals surface area contributed by atoms with E-state index in [1.54, 1.807) is 18.2 Å². The van der Waals surface area contributed by atoms with Crippen LogP contribution in [0.5, 0.6) is 5.75 Å². The summed E-state index contributed by atoms with van der Waals surface area (Å²) in [5, 5.41) is 12.2. The van der Waals surface area contributed by atoms with Crippen molar-refractivity contribution in [1.29, 1.82) is 5.26 Å². The van der Waals surface area contributed by atoms with Crippen LogP contribution >= 0.6 is 11.6 Å². The molecule has 0 heterocycles. The third kappa shape index (κ3) is 5.61. The zero-order chi connectivity index (χ0) is 17.7. The first-order valence-electron chi connectivity index (χ1n) is 8.12. The molecule has 130 valence electrons. The van der Waals surface area contributed by atoms with Crippen LogP contribution in [0.15, 0.2) is 18.2 Å². The van der Waals surface area contributed by atoms with E-state index >= 15 is 0 Å². The minimum absolute atomic E-state index is 0.0886. The Balaban J connectivity index is 1.80. The minimum Gasteiger partial charge on any atom is -0.490 e. The average molecular weight is 351 g/mol. The van der Waals surface area contributed by atoms with E-state index in [4.69, 9.17) is 26.3 Å². The fourth-order valence-electron chi connectivity index (χ4n) is 2.65.